The molecule has 3 aromatic rings. The lowest BCUT2D eigenvalue weighted by Crippen LogP contribution is -1.95. The van der Waals surface area contributed by atoms with Gasteiger partial charge in [-0.2, -0.15) is 5.10 Å². The van der Waals surface area contributed by atoms with E-state index in [0.29, 0.717) is 0 Å². The van der Waals surface area contributed by atoms with Crippen LogP contribution in [0.2, 0.25) is 0 Å². The van der Waals surface area contributed by atoms with Crippen molar-refractivity contribution in [2.75, 3.05) is 0 Å². The van der Waals surface area contributed by atoms with E-state index in [4.69, 9.17) is 5.11 Å². The Kier molecular flexibility index (Phi) is 3.05. The summed E-state index contributed by atoms with van der Waals surface area (Å²) < 4.78 is 0. The maximum atomic E-state index is 10.9. The van der Waals surface area contributed by atoms with Crippen molar-refractivity contribution in [3.8, 4) is 22.3 Å². The zero-order valence-electron chi connectivity index (χ0n) is 10.6. The topological polar surface area (TPSA) is 66.0 Å². The second kappa shape index (κ2) is 5.01. The summed E-state index contributed by atoms with van der Waals surface area (Å²) in [5.74, 6) is -0.917. The van der Waals surface area contributed by atoms with Gasteiger partial charge in [0.1, 0.15) is 0 Å². The van der Waals surface area contributed by atoms with Crippen molar-refractivity contribution in [3.63, 3.8) is 0 Å². The fraction of sp³-hybridized carbons (Fsp3) is 0. The molecular weight excluding hydrogens is 252 g/mol. The van der Waals surface area contributed by atoms with Gasteiger partial charge in [0.05, 0.1) is 11.8 Å². The van der Waals surface area contributed by atoms with E-state index in [1.54, 1.807) is 18.3 Å². The third-order valence-electron chi connectivity index (χ3n) is 3.18. The molecule has 0 unspecified atom stereocenters. The summed E-state index contributed by atoms with van der Waals surface area (Å²) in [6.07, 6.45) is 3.61. The van der Waals surface area contributed by atoms with Crippen LogP contribution in [-0.4, -0.2) is 21.3 Å². The van der Waals surface area contributed by atoms with E-state index >= 15 is 0 Å². The molecule has 0 fully saturated rings. The van der Waals surface area contributed by atoms with Crippen LogP contribution in [0.1, 0.15) is 10.4 Å². The highest BCUT2D eigenvalue weighted by Crippen LogP contribution is 2.31. The van der Waals surface area contributed by atoms with E-state index in [1.165, 1.54) is 0 Å². The Morgan fingerprint density at radius 3 is 2.15 bits per heavy atom. The molecule has 4 nitrogen and oxygen atoms in total. The molecule has 0 spiro atoms. The molecule has 0 aliphatic carbocycles. The molecule has 2 N–H and O–H groups in total. The standard InChI is InChI=1S/C16H12N2O2/c19-16(20)12-7-5-11(6-8-12)14-3-1-2-4-15(14)13-9-17-18-10-13/h1-10H,(H,17,18)(H,19,20). The first-order valence-corrected chi connectivity index (χ1v) is 6.17. The number of benzene rings is 2. The van der Waals surface area contributed by atoms with Crippen molar-refractivity contribution in [2.45, 2.75) is 0 Å². The number of rotatable bonds is 3. The summed E-state index contributed by atoms with van der Waals surface area (Å²) in [6.45, 7) is 0. The Hall–Kier alpha value is -2.88. The van der Waals surface area contributed by atoms with Gasteiger partial charge in [0.2, 0.25) is 0 Å². The highest BCUT2D eigenvalue weighted by Gasteiger charge is 2.08. The summed E-state index contributed by atoms with van der Waals surface area (Å²) in [4.78, 5) is 10.9. The monoisotopic (exact) mass is 264 g/mol. The summed E-state index contributed by atoms with van der Waals surface area (Å²) in [6, 6.07) is 14.8. The normalized spacial score (nSPS) is 10.4. The first kappa shape index (κ1) is 12.2. The first-order valence-electron chi connectivity index (χ1n) is 6.17. The molecule has 3 rings (SSSR count). The second-order valence-electron chi connectivity index (χ2n) is 4.42. The van der Waals surface area contributed by atoms with E-state index in [2.05, 4.69) is 10.2 Å². The molecule has 0 bridgehead atoms. The molecule has 0 amide bonds. The van der Waals surface area contributed by atoms with Crippen LogP contribution in [0.4, 0.5) is 0 Å². The van der Waals surface area contributed by atoms with Crippen molar-refractivity contribution in [3.05, 3.63) is 66.5 Å². The van der Waals surface area contributed by atoms with Crippen molar-refractivity contribution < 1.29 is 9.90 Å². The molecule has 4 heteroatoms. The Bertz CT molecular complexity index is 731. The largest absolute Gasteiger partial charge is 0.478 e. The number of aromatic amines is 1. The molecule has 98 valence electrons. The minimum atomic E-state index is -0.917. The lowest BCUT2D eigenvalue weighted by atomic mass is 9.96. The lowest BCUT2D eigenvalue weighted by molar-refractivity contribution is 0.0697. The van der Waals surface area contributed by atoms with Gasteiger partial charge in [-0.05, 0) is 28.8 Å². The van der Waals surface area contributed by atoms with Crippen LogP contribution in [0.5, 0.6) is 0 Å². The minimum absolute atomic E-state index is 0.287. The fourth-order valence-electron chi connectivity index (χ4n) is 2.18. The molecule has 0 atom stereocenters. The molecule has 1 aromatic heterocycles. The number of nitrogens with zero attached hydrogens (tertiary/aromatic N) is 1. The molecule has 0 aliphatic rings. The number of carboxylic acids is 1. The number of H-pyrrole nitrogens is 1. The molecule has 2 aromatic carbocycles. The number of aromatic nitrogens is 2. The zero-order chi connectivity index (χ0) is 13.9. The van der Waals surface area contributed by atoms with Crippen LogP contribution in [0.3, 0.4) is 0 Å². The number of nitrogens with one attached hydrogen (secondary N) is 1. The highest BCUT2D eigenvalue weighted by atomic mass is 16.4. The van der Waals surface area contributed by atoms with E-state index in [9.17, 15) is 4.79 Å². The third kappa shape index (κ3) is 2.19. The predicted molar refractivity (Wildman–Crippen MR) is 76.4 cm³/mol. The smallest absolute Gasteiger partial charge is 0.335 e. The van der Waals surface area contributed by atoms with Gasteiger partial charge in [-0.25, -0.2) is 4.79 Å². The van der Waals surface area contributed by atoms with Crippen molar-refractivity contribution >= 4 is 5.97 Å². The second-order valence-corrected chi connectivity index (χ2v) is 4.42. The third-order valence-corrected chi connectivity index (χ3v) is 3.18. The van der Waals surface area contributed by atoms with Gasteiger partial charge < -0.3 is 5.11 Å². The van der Waals surface area contributed by atoms with Crippen molar-refractivity contribution in [1.82, 2.24) is 10.2 Å². The maximum absolute atomic E-state index is 10.9. The van der Waals surface area contributed by atoms with Gasteiger partial charge in [0.25, 0.3) is 0 Å². The Balaban J connectivity index is 2.08. The zero-order valence-corrected chi connectivity index (χ0v) is 10.6. The maximum Gasteiger partial charge on any atom is 0.335 e. The van der Waals surface area contributed by atoms with E-state index < -0.39 is 5.97 Å². The Labute approximate surface area is 115 Å². The van der Waals surface area contributed by atoms with Crippen LogP contribution in [-0.2, 0) is 0 Å². The summed E-state index contributed by atoms with van der Waals surface area (Å²) in [7, 11) is 0. The highest BCUT2D eigenvalue weighted by molar-refractivity contribution is 5.89. The van der Waals surface area contributed by atoms with E-state index in [-0.39, 0.29) is 5.56 Å². The van der Waals surface area contributed by atoms with E-state index in [0.717, 1.165) is 22.3 Å². The first-order chi connectivity index (χ1) is 9.75. The van der Waals surface area contributed by atoms with Crippen LogP contribution < -0.4 is 0 Å². The molecular formula is C16H12N2O2. The number of hydrogen-bond acceptors (Lipinski definition) is 2. The summed E-state index contributed by atoms with van der Waals surface area (Å²) >= 11 is 0. The molecule has 20 heavy (non-hydrogen) atoms. The van der Waals surface area contributed by atoms with Gasteiger partial charge in [0, 0.05) is 11.8 Å². The van der Waals surface area contributed by atoms with Crippen molar-refractivity contribution in [1.29, 1.82) is 0 Å². The molecule has 0 saturated carbocycles. The van der Waals surface area contributed by atoms with Gasteiger partial charge in [-0.1, -0.05) is 36.4 Å². The molecule has 0 radical (unpaired) electrons. The van der Waals surface area contributed by atoms with Crippen LogP contribution in [0.25, 0.3) is 22.3 Å². The van der Waals surface area contributed by atoms with Crippen molar-refractivity contribution in [2.24, 2.45) is 0 Å². The van der Waals surface area contributed by atoms with Gasteiger partial charge in [-0.3, -0.25) is 5.10 Å². The van der Waals surface area contributed by atoms with Gasteiger partial charge in [0.15, 0.2) is 0 Å². The van der Waals surface area contributed by atoms with E-state index in [1.807, 2.05) is 42.6 Å². The molecule has 0 aliphatic heterocycles. The average molecular weight is 264 g/mol. The summed E-state index contributed by atoms with van der Waals surface area (Å²) in [5, 5.41) is 15.7. The lowest BCUT2D eigenvalue weighted by Gasteiger charge is -2.08. The minimum Gasteiger partial charge on any atom is -0.478 e. The number of hydrogen-bond donors (Lipinski definition) is 2. The Morgan fingerprint density at radius 1 is 0.950 bits per heavy atom. The Morgan fingerprint density at radius 2 is 1.60 bits per heavy atom. The number of carbonyl (C=O) groups is 1. The van der Waals surface area contributed by atoms with Crippen LogP contribution in [0, 0.1) is 0 Å². The average Bonchev–Trinajstić information content (AvgIpc) is 3.01. The predicted octanol–water partition coefficient (Wildman–Crippen LogP) is 3.44. The fourth-order valence-corrected chi connectivity index (χ4v) is 2.18. The quantitative estimate of drug-likeness (QED) is 0.761. The molecule has 0 saturated heterocycles. The molecule has 1 heterocycles. The van der Waals surface area contributed by atoms with Crippen LogP contribution >= 0.6 is 0 Å². The SMILES string of the molecule is O=C(O)c1ccc(-c2ccccc2-c2cn[nH]c2)cc1. The number of aromatic carboxylic acids is 1. The van der Waals surface area contributed by atoms with Gasteiger partial charge >= 0.3 is 5.97 Å². The number of carboxylic acid groups (broad SMARTS) is 1. The summed E-state index contributed by atoms with van der Waals surface area (Å²) in [5.41, 5.74) is 4.37. The van der Waals surface area contributed by atoms with Crippen LogP contribution in [0.15, 0.2) is 60.9 Å². The van der Waals surface area contributed by atoms with Gasteiger partial charge in [-0.15, -0.1) is 0 Å².